The number of nitrogens with zero attached hydrogens (tertiary/aromatic N) is 2. The molecule has 1 aromatic rings. The average Bonchev–Trinajstić information content (AvgIpc) is 2.31. The van der Waals surface area contributed by atoms with E-state index in [4.69, 9.17) is 5.11 Å². The Hall–Kier alpha value is -1.32. The van der Waals surface area contributed by atoms with Crippen molar-refractivity contribution in [1.29, 1.82) is 0 Å². The molecule has 1 aromatic heterocycles. The topological polar surface area (TPSA) is 55.1 Å². The van der Waals surface area contributed by atoms with E-state index >= 15 is 0 Å². The summed E-state index contributed by atoms with van der Waals surface area (Å²) in [5.41, 5.74) is 0.943. The standard InChI is InChI=1S/C9H14N2O2/c1-6(2)7-5-11(3)8(10-7)4-9(12)13/h5-6H,4H2,1-3H3,(H,12,13). The highest BCUT2D eigenvalue weighted by Gasteiger charge is 2.10. The van der Waals surface area contributed by atoms with Crippen molar-refractivity contribution < 1.29 is 9.90 Å². The summed E-state index contributed by atoms with van der Waals surface area (Å²) in [7, 11) is 1.82. The lowest BCUT2D eigenvalue weighted by molar-refractivity contribution is -0.136. The molecule has 0 aliphatic rings. The van der Waals surface area contributed by atoms with Gasteiger partial charge in [0.05, 0.1) is 5.69 Å². The molecule has 1 N–H and O–H groups in total. The molecule has 1 rings (SSSR count). The zero-order valence-corrected chi connectivity index (χ0v) is 8.11. The summed E-state index contributed by atoms with van der Waals surface area (Å²) in [6.45, 7) is 4.07. The first-order chi connectivity index (χ1) is 6.00. The maximum Gasteiger partial charge on any atom is 0.311 e. The Balaban J connectivity index is 2.89. The third-order valence-electron chi connectivity index (χ3n) is 1.89. The van der Waals surface area contributed by atoms with Gasteiger partial charge in [0.25, 0.3) is 0 Å². The van der Waals surface area contributed by atoms with Crippen molar-refractivity contribution in [3.05, 3.63) is 17.7 Å². The summed E-state index contributed by atoms with van der Waals surface area (Å²) in [6.07, 6.45) is 1.87. The zero-order chi connectivity index (χ0) is 10.0. The third-order valence-corrected chi connectivity index (χ3v) is 1.89. The molecule has 0 spiro atoms. The van der Waals surface area contributed by atoms with Gasteiger partial charge in [-0.2, -0.15) is 0 Å². The molecule has 0 radical (unpaired) electrons. The average molecular weight is 182 g/mol. The van der Waals surface area contributed by atoms with Crippen molar-refractivity contribution >= 4 is 5.97 Å². The second-order valence-corrected chi connectivity index (χ2v) is 3.42. The first-order valence-corrected chi connectivity index (χ1v) is 4.24. The van der Waals surface area contributed by atoms with Crippen molar-refractivity contribution in [1.82, 2.24) is 9.55 Å². The molecule has 72 valence electrons. The number of aryl methyl sites for hydroxylation is 1. The Bertz CT molecular complexity index is 315. The number of carbonyl (C=O) groups is 1. The summed E-state index contributed by atoms with van der Waals surface area (Å²) in [5, 5.41) is 8.59. The van der Waals surface area contributed by atoms with Gasteiger partial charge in [0, 0.05) is 13.2 Å². The van der Waals surface area contributed by atoms with Gasteiger partial charge < -0.3 is 9.67 Å². The Morgan fingerprint density at radius 3 is 2.69 bits per heavy atom. The number of aliphatic carboxylic acids is 1. The van der Waals surface area contributed by atoms with Crippen LogP contribution in [0.3, 0.4) is 0 Å². The van der Waals surface area contributed by atoms with E-state index in [2.05, 4.69) is 4.98 Å². The van der Waals surface area contributed by atoms with Gasteiger partial charge in [0.1, 0.15) is 12.2 Å². The molecule has 0 aliphatic carbocycles. The Morgan fingerprint density at radius 2 is 2.31 bits per heavy atom. The van der Waals surface area contributed by atoms with Gasteiger partial charge in [-0.3, -0.25) is 4.79 Å². The number of rotatable bonds is 3. The van der Waals surface area contributed by atoms with E-state index in [9.17, 15) is 4.79 Å². The van der Waals surface area contributed by atoms with Crippen LogP contribution in [0.2, 0.25) is 0 Å². The zero-order valence-electron chi connectivity index (χ0n) is 8.11. The molecule has 4 nitrogen and oxygen atoms in total. The van der Waals surface area contributed by atoms with Crippen molar-refractivity contribution in [3.8, 4) is 0 Å². The Morgan fingerprint density at radius 1 is 1.69 bits per heavy atom. The van der Waals surface area contributed by atoms with Crippen molar-refractivity contribution in [2.45, 2.75) is 26.2 Å². The van der Waals surface area contributed by atoms with E-state index in [1.165, 1.54) is 0 Å². The molecule has 0 aromatic carbocycles. The molecular formula is C9H14N2O2. The first-order valence-electron chi connectivity index (χ1n) is 4.24. The molecule has 0 fully saturated rings. The third kappa shape index (κ3) is 2.31. The van der Waals surface area contributed by atoms with Crippen LogP contribution in [0.25, 0.3) is 0 Å². The smallest absolute Gasteiger partial charge is 0.311 e. The summed E-state index contributed by atoms with van der Waals surface area (Å²) in [4.78, 5) is 14.7. The second-order valence-electron chi connectivity index (χ2n) is 3.42. The molecule has 0 unspecified atom stereocenters. The van der Waals surface area contributed by atoms with Gasteiger partial charge in [0.2, 0.25) is 0 Å². The molecule has 0 saturated carbocycles. The van der Waals surface area contributed by atoms with Crippen LogP contribution in [-0.2, 0) is 18.3 Å². The number of carboxylic acids is 1. The lowest BCUT2D eigenvalue weighted by Crippen LogP contribution is -2.05. The van der Waals surface area contributed by atoms with E-state index < -0.39 is 5.97 Å². The number of imidazole rings is 1. The Labute approximate surface area is 77.2 Å². The van der Waals surface area contributed by atoms with Gasteiger partial charge in [-0.05, 0) is 5.92 Å². The molecule has 0 bridgehead atoms. The predicted octanol–water partition coefficient (Wildman–Crippen LogP) is 1.17. The second kappa shape index (κ2) is 3.60. The van der Waals surface area contributed by atoms with Crippen LogP contribution < -0.4 is 0 Å². The minimum absolute atomic E-state index is 0.0107. The van der Waals surface area contributed by atoms with Gasteiger partial charge in [-0.15, -0.1) is 0 Å². The van der Waals surface area contributed by atoms with Crippen LogP contribution in [0.15, 0.2) is 6.20 Å². The molecule has 0 atom stereocenters. The fraction of sp³-hybridized carbons (Fsp3) is 0.556. The quantitative estimate of drug-likeness (QED) is 0.763. The fourth-order valence-electron chi connectivity index (χ4n) is 1.11. The molecule has 0 saturated heterocycles. The lowest BCUT2D eigenvalue weighted by Gasteiger charge is -1.95. The van der Waals surface area contributed by atoms with Crippen LogP contribution in [0.5, 0.6) is 0 Å². The number of aromatic nitrogens is 2. The van der Waals surface area contributed by atoms with Crippen molar-refractivity contribution in [2.24, 2.45) is 7.05 Å². The van der Waals surface area contributed by atoms with Crippen molar-refractivity contribution in [3.63, 3.8) is 0 Å². The van der Waals surface area contributed by atoms with Crippen LogP contribution in [-0.4, -0.2) is 20.6 Å². The lowest BCUT2D eigenvalue weighted by atomic mass is 10.2. The number of carboxylic acid groups (broad SMARTS) is 1. The van der Waals surface area contributed by atoms with E-state index in [1.807, 2.05) is 27.1 Å². The van der Waals surface area contributed by atoms with Crippen LogP contribution in [0.1, 0.15) is 31.3 Å². The van der Waals surface area contributed by atoms with Crippen molar-refractivity contribution in [2.75, 3.05) is 0 Å². The molecule has 0 aliphatic heterocycles. The number of hydrogen-bond donors (Lipinski definition) is 1. The van der Waals surface area contributed by atoms with Gasteiger partial charge >= 0.3 is 5.97 Å². The summed E-state index contributed by atoms with van der Waals surface area (Å²) < 4.78 is 1.77. The Kier molecular flexibility index (Phi) is 2.70. The highest BCUT2D eigenvalue weighted by atomic mass is 16.4. The molecule has 1 heterocycles. The van der Waals surface area contributed by atoms with E-state index in [1.54, 1.807) is 4.57 Å². The highest BCUT2D eigenvalue weighted by molar-refractivity contribution is 5.69. The molecule has 13 heavy (non-hydrogen) atoms. The van der Waals surface area contributed by atoms with Gasteiger partial charge in [0.15, 0.2) is 0 Å². The molecule has 4 heteroatoms. The summed E-state index contributed by atoms with van der Waals surface area (Å²) in [6, 6.07) is 0. The summed E-state index contributed by atoms with van der Waals surface area (Å²) in [5.74, 6) is 0.106. The first kappa shape index (κ1) is 9.77. The maximum absolute atomic E-state index is 10.4. The summed E-state index contributed by atoms with van der Waals surface area (Å²) >= 11 is 0. The monoisotopic (exact) mass is 182 g/mol. The number of hydrogen-bond acceptors (Lipinski definition) is 2. The van der Waals surface area contributed by atoms with Gasteiger partial charge in [-0.25, -0.2) is 4.98 Å². The van der Waals surface area contributed by atoms with Crippen LogP contribution >= 0.6 is 0 Å². The molecular weight excluding hydrogens is 168 g/mol. The maximum atomic E-state index is 10.4. The van der Waals surface area contributed by atoms with E-state index in [0.717, 1.165) is 5.69 Å². The largest absolute Gasteiger partial charge is 0.481 e. The highest BCUT2D eigenvalue weighted by Crippen LogP contribution is 2.12. The molecule has 0 amide bonds. The normalized spacial score (nSPS) is 10.8. The predicted molar refractivity (Wildman–Crippen MR) is 48.6 cm³/mol. The van der Waals surface area contributed by atoms with Crippen LogP contribution in [0, 0.1) is 0 Å². The SMILES string of the molecule is CC(C)c1cn(C)c(CC(=O)O)n1. The van der Waals surface area contributed by atoms with Gasteiger partial charge in [-0.1, -0.05) is 13.8 Å². The fourth-order valence-corrected chi connectivity index (χ4v) is 1.11. The minimum Gasteiger partial charge on any atom is -0.481 e. The van der Waals surface area contributed by atoms with E-state index in [-0.39, 0.29) is 6.42 Å². The van der Waals surface area contributed by atoms with E-state index in [0.29, 0.717) is 11.7 Å². The minimum atomic E-state index is -0.844. The van der Waals surface area contributed by atoms with Crippen LogP contribution in [0.4, 0.5) is 0 Å².